The molecule has 0 aromatic carbocycles. The molecule has 2 heterocycles. The van der Waals surface area contributed by atoms with Gasteiger partial charge in [0.15, 0.2) is 0 Å². The highest BCUT2D eigenvalue weighted by Crippen LogP contribution is 2.20. The van der Waals surface area contributed by atoms with Crippen LogP contribution >= 0.6 is 0 Å². The Bertz CT molecular complexity index is 407. The summed E-state index contributed by atoms with van der Waals surface area (Å²) in [6.07, 6.45) is 0.843. The molecule has 2 rings (SSSR count). The lowest BCUT2D eigenvalue weighted by atomic mass is 10.0. The first-order valence-electron chi connectivity index (χ1n) is 7.52. The van der Waals surface area contributed by atoms with Crippen LogP contribution in [0.5, 0.6) is 0 Å². The van der Waals surface area contributed by atoms with Gasteiger partial charge in [-0.25, -0.2) is 12.7 Å². The van der Waals surface area contributed by atoms with Crippen LogP contribution in [-0.2, 0) is 10.0 Å². The van der Waals surface area contributed by atoms with Crippen LogP contribution in [0.3, 0.4) is 0 Å². The third kappa shape index (κ3) is 3.71. The third-order valence-corrected chi connectivity index (χ3v) is 6.44. The molecule has 0 radical (unpaired) electrons. The molecule has 20 heavy (non-hydrogen) atoms. The van der Waals surface area contributed by atoms with Gasteiger partial charge in [0.25, 0.3) is 0 Å². The van der Waals surface area contributed by atoms with Crippen molar-refractivity contribution >= 4 is 10.0 Å². The van der Waals surface area contributed by atoms with E-state index in [-0.39, 0.29) is 11.8 Å². The second-order valence-electron chi connectivity index (χ2n) is 5.85. The summed E-state index contributed by atoms with van der Waals surface area (Å²) in [6, 6.07) is 0.0979. The van der Waals surface area contributed by atoms with E-state index < -0.39 is 16.1 Å². The van der Waals surface area contributed by atoms with Crippen molar-refractivity contribution in [2.45, 2.75) is 31.9 Å². The smallest absolute Gasteiger partial charge is 0.213 e. The molecular formula is C13H27N3O3S. The number of piperazine rings is 1. The van der Waals surface area contributed by atoms with Crippen molar-refractivity contribution in [1.29, 1.82) is 0 Å². The monoisotopic (exact) mass is 305 g/mol. The number of aliphatic hydroxyl groups is 1. The van der Waals surface area contributed by atoms with Gasteiger partial charge in [0.1, 0.15) is 0 Å². The second-order valence-corrected chi connectivity index (χ2v) is 8.11. The van der Waals surface area contributed by atoms with Gasteiger partial charge in [0, 0.05) is 45.3 Å². The fourth-order valence-corrected chi connectivity index (χ4v) is 4.22. The van der Waals surface area contributed by atoms with Gasteiger partial charge in [-0.05, 0) is 26.8 Å². The minimum Gasteiger partial charge on any atom is -0.391 e. The van der Waals surface area contributed by atoms with E-state index in [2.05, 4.69) is 16.8 Å². The van der Waals surface area contributed by atoms with E-state index in [1.54, 1.807) is 11.2 Å². The molecule has 0 aromatic heterocycles. The summed E-state index contributed by atoms with van der Waals surface area (Å²) in [5, 5.41) is 10.3. The van der Waals surface area contributed by atoms with E-state index in [0.29, 0.717) is 19.5 Å². The van der Waals surface area contributed by atoms with Crippen LogP contribution in [0.2, 0.25) is 0 Å². The Morgan fingerprint density at radius 2 is 1.65 bits per heavy atom. The van der Waals surface area contributed by atoms with Gasteiger partial charge in [0.2, 0.25) is 10.0 Å². The number of hydrogen-bond acceptors (Lipinski definition) is 5. The predicted octanol–water partition coefficient (Wildman–Crippen LogP) is -0.591. The fraction of sp³-hybridized carbons (Fsp3) is 1.00. The molecule has 118 valence electrons. The van der Waals surface area contributed by atoms with Crippen LogP contribution in [0.15, 0.2) is 0 Å². The lowest BCUT2D eigenvalue weighted by Gasteiger charge is -2.39. The van der Waals surface area contributed by atoms with Crippen molar-refractivity contribution in [3.63, 3.8) is 0 Å². The van der Waals surface area contributed by atoms with Crippen molar-refractivity contribution in [2.75, 3.05) is 52.1 Å². The molecule has 0 aromatic rings. The summed E-state index contributed by atoms with van der Waals surface area (Å²) in [7, 11) is -1.03. The van der Waals surface area contributed by atoms with E-state index in [1.807, 2.05) is 0 Å². The normalized spacial score (nSPS) is 32.1. The van der Waals surface area contributed by atoms with Gasteiger partial charge in [-0.2, -0.15) is 0 Å². The first-order valence-corrected chi connectivity index (χ1v) is 9.13. The maximum absolute atomic E-state index is 12.0. The number of aliphatic hydroxyl groups excluding tert-OH is 1. The molecule has 0 unspecified atom stereocenters. The molecule has 2 aliphatic heterocycles. The van der Waals surface area contributed by atoms with Crippen molar-refractivity contribution in [2.24, 2.45) is 0 Å². The zero-order valence-corrected chi connectivity index (χ0v) is 13.3. The molecule has 2 saturated heterocycles. The first-order chi connectivity index (χ1) is 9.44. The number of rotatable bonds is 3. The second kappa shape index (κ2) is 6.70. The molecule has 0 amide bonds. The van der Waals surface area contributed by atoms with Crippen LogP contribution in [-0.4, -0.2) is 91.8 Å². The van der Waals surface area contributed by atoms with Crippen LogP contribution in [0.4, 0.5) is 0 Å². The van der Waals surface area contributed by atoms with Gasteiger partial charge in [0.05, 0.1) is 11.9 Å². The quantitative estimate of drug-likeness (QED) is 0.755. The molecule has 2 fully saturated rings. The summed E-state index contributed by atoms with van der Waals surface area (Å²) < 4.78 is 25.5. The minimum absolute atomic E-state index is 0.0979. The summed E-state index contributed by atoms with van der Waals surface area (Å²) in [4.78, 5) is 4.61. The van der Waals surface area contributed by atoms with Crippen LogP contribution in [0.25, 0.3) is 0 Å². The lowest BCUT2D eigenvalue weighted by molar-refractivity contribution is 0.0224. The van der Waals surface area contributed by atoms with Gasteiger partial charge >= 0.3 is 0 Å². The number of nitrogens with zero attached hydrogens (tertiary/aromatic N) is 3. The maximum Gasteiger partial charge on any atom is 0.213 e. The Hall–Kier alpha value is -0.210. The molecule has 0 aliphatic carbocycles. The maximum atomic E-state index is 12.0. The van der Waals surface area contributed by atoms with Crippen LogP contribution in [0, 0.1) is 0 Å². The first kappa shape index (κ1) is 16.2. The highest BCUT2D eigenvalue weighted by atomic mass is 32.2. The predicted molar refractivity (Wildman–Crippen MR) is 79.1 cm³/mol. The molecule has 0 bridgehead atoms. The van der Waals surface area contributed by atoms with Gasteiger partial charge in [-0.1, -0.05) is 0 Å². The molecule has 2 atom stereocenters. The SMILES string of the molecule is CCS(=O)(=O)N1CC[C@H](O)[C@@H](N2CCN(C)CC2)CC1. The van der Waals surface area contributed by atoms with Crippen molar-refractivity contribution in [3.05, 3.63) is 0 Å². The largest absolute Gasteiger partial charge is 0.391 e. The summed E-state index contributed by atoms with van der Waals surface area (Å²) >= 11 is 0. The average molecular weight is 305 g/mol. The van der Waals surface area contributed by atoms with E-state index in [1.165, 1.54) is 0 Å². The Morgan fingerprint density at radius 1 is 1.05 bits per heavy atom. The van der Waals surface area contributed by atoms with E-state index in [9.17, 15) is 13.5 Å². The van der Waals surface area contributed by atoms with Crippen LogP contribution < -0.4 is 0 Å². The molecular weight excluding hydrogens is 278 g/mol. The summed E-state index contributed by atoms with van der Waals surface area (Å²) in [5.41, 5.74) is 0. The lowest BCUT2D eigenvalue weighted by Crippen LogP contribution is -2.52. The highest BCUT2D eigenvalue weighted by molar-refractivity contribution is 7.89. The molecule has 2 aliphatic rings. The highest BCUT2D eigenvalue weighted by Gasteiger charge is 2.33. The number of hydrogen-bond donors (Lipinski definition) is 1. The van der Waals surface area contributed by atoms with Crippen molar-refractivity contribution in [3.8, 4) is 0 Å². The molecule has 6 nitrogen and oxygen atoms in total. The number of likely N-dealkylation sites (N-methyl/N-ethyl adjacent to an activating group) is 1. The Labute approximate surface area is 122 Å². The van der Waals surface area contributed by atoms with Gasteiger partial charge in [-0.15, -0.1) is 0 Å². The Morgan fingerprint density at radius 3 is 2.25 bits per heavy atom. The van der Waals surface area contributed by atoms with E-state index in [0.717, 1.165) is 32.6 Å². The number of sulfonamides is 1. The molecule has 0 spiro atoms. The van der Waals surface area contributed by atoms with E-state index >= 15 is 0 Å². The fourth-order valence-electron chi connectivity index (χ4n) is 3.09. The molecule has 1 N–H and O–H groups in total. The summed E-state index contributed by atoms with van der Waals surface area (Å²) in [6.45, 7) is 6.60. The molecule has 7 heteroatoms. The van der Waals surface area contributed by atoms with Gasteiger partial charge in [-0.3, -0.25) is 4.90 Å². The van der Waals surface area contributed by atoms with Crippen molar-refractivity contribution in [1.82, 2.24) is 14.1 Å². The third-order valence-electron chi connectivity index (χ3n) is 4.56. The Kier molecular flexibility index (Phi) is 5.42. The summed E-state index contributed by atoms with van der Waals surface area (Å²) in [5.74, 6) is 0.141. The zero-order chi connectivity index (χ0) is 14.8. The standard InChI is InChI=1S/C13H27N3O3S/c1-3-20(18,19)16-6-4-12(13(17)5-7-16)15-10-8-14(2)9-11-15/h12-13,17H,3-11H2,1-2H3/t12-,13-/m0/s1. The molecule has 0 saturated carbocycles. The zero-order valence-electron chi connectivity index (χ0n) is 12.5. The average Bonchev–Trinajstić information content (AvgIpc) is 2.62. The van der Waals surface area contributed by atoms with E-state index in [4.69, 9.17) is 0 Å². The minimum atomic E-state index is -3.14. The Balaban J connectivity index is 1.99. The van der Waals surface area contributed by atoms with Gasteiger partial charge < -0.3 is 10.0 Å². The topological polar surface area (TPSA) is 64.1 Å². The van der Waals surface area contributed by atoms with Crippen molar-refractivity contribution < 1.29 is 13.5 Å². The van der Waals surface area contributed by atoms with Crippen LogP contribution in [0.1, 0.15) is 19.8 Å².